The van der Waals surface area contributed by atoms with Gasteiger partial charge in [-0.15, -0.1) is 0 Å². The summed E-state index contributed by atoms with van der Waals surface area (Å²) < 4.78 is 14.7. The Balaban J connectivity index is 1.64. The molecular weight excluding hydrogens is 341 g/mol. The molecule has 5 nitrogen and oxygen atoms in total. The van der Waals surface area contributed by atoms with Gasteiger partial charge in [-0.1, -0.05) is 23.7 Å². The van der Waals surface area contributed by atoms with E-state index < -0.39 is 0 Å². The van der Waals surface area contributed by atoms with Gasteiger partial charge in [0.2, 0.25) is 0 Å². The summed E-state index contributed by atoms with van der Waals surface area (Å²) in [4.78, 5) is 8.62. The van der Waals surface area contributed by atoms with E-state index in [4.69, 9.17) is 11.6 Å². The maximum atomic E-state index is 13.0. The first kappa shape index (κ1) is 15.5. The van der Waals surface area contributed by atoms with Crippen molar-refractivity contribution in [3.63, 3.8) is 0 Å². The predicted molar refractivity (Wildman–Crippen MR) is 95.4 cm³/mol. The number of anilines is 1. The minimum Gasteiger partial charge on any atom is -0.365 e. The van der Waals surface area contributed by atoms with Crippen LogP contribution in [0.5, 0.6) is 0 Å². The van der Waals surface area contributed by atoms with Crippen molar-refractivity contribution in [2.75, 3.05) is 5.32 Å². The van der Waals surface area contributed by atoms with Crippen molar-refractivity contribution in [2.24, 2.45) is 0 Å². The molecule has 25 heavy (non-hydrogen) atoms. The first-order chi connectivity index (χ1) is 12.2. The van der Waals surface area contributed by atoms with Gasteiger partial charge in [0.15, 0.2) is 5.65 Å². The number of hydrogen-bond acceptors (Lipinski definition) is 4. The second-order valence-corrected chi connectivity index (χ2v) is 5.91. The van der Waals surface area contributed by atoms with E-state index in [2.05, 4.69) is 20.4 Å². The third kappa shape index (κ3) is 3.16. The van der Waals surface area contributed by atoms with Crippen LogP contribution in [0.15, 0.2) is 61.1 Å². The van der Waals surface area contributed by atoms with Crippen LogP contribution in [0.1, 0.15) is 5.56 Å². The van der Waals surface area contributed by atoms with E-state index in [1.165, 1.54) is 18.5 Å². The number of nitrogens with one attached hydrogen (secondary N) is 1. The second-order valence-electron chi connectivity index (χ2n) is 5.47. The molecule has 0 saturated heterocycles. The summed E-state index contributed by atoms with van der Waals surface area (Å²) in [5.41, 5.74) is 2.51. The van der Waals surface area contributed by atoms with Crippen LogP contribution in [-0.4, -0.2) is 19.7 Å². The third-order valence-electron chi connectivity index (χ3n) is 3.81. The molecule has 0 unspecified atom stereocenters. The average Bonchev–Trinajstić information content (AvgIpc) is 3.07. The van der Waals surface area contributed by atoms with Crippen molar-refractivity contribution in [1.82, 2.24) is 19.7 Å². The fourth-order valence-corrected chi connectivity index (χ4v) is 2.67. The lowest BCUT2D eigenvalue weighted by molar-refractivity contribution is 0.627. The van der Waals surface area contributed by atoms with Crippen molar-refractivity contribution in [3.05, 3.63) is 77.5 Å². The van der Waals surface area contributed by atoms with Crippen molar-refractivity contribution in [3.8, 4) is 5.69 Å². The van der Waals surface area contributed by atoms with Crippen molar-refractivity contribution < 1.29 is 4.39 Å². The SMILES string of the molecule is Fc1ccc(CNc2ncnc3c2cnn3-c2ccc(Cl)cc2)cc1. The van der Waals surface area contributed by atoms with Crippen LogP contribution in [0.3, 0.4) is 0 Å². The lowest BCUT2D eigenvalue weighted by atomic mass is 10.2. The number of rotatable bonds is 4. The van der Waals surface area contributed by atoms with Crippen molar-refractivity contribution in [2.45, 2.75) is 6.54 Å². The molecule has 0 fully saturated rings. The molecule has 0 aliphatic carbocycles. The summed E-state index contributed by atoms with van der Waals surface area (Å²) in [5, 5.41) is 9.12. The number of nitrogens with zero attached hydrogens (tertiary/aromatic N) is 4. The van der Waals surface area contributed by atoms with Crippen LogP contribution >= 0.6 is 11.6 Å². The molecule has 0 saturated carbocycles. The molecule has 4 rings (SSSR count). The highest BCUT2D eigenvalue weighted by atomic mass is 35.5. The Morgan fingerprint density at radius 3 is 2.52 bits per heavy atom. The molecule has 1 N–H and O–H groups in total. The lowest BCUT2D eigenvalue weighted by Gasteiger charge is -2.07. The minimum atomic E-state index is -0.252. The summed E-state index contributed by atoms with van der Waals surface area (Å²) in [5.74, 6) is 0.423. The molecule has 0 atom stereocenters. The van der Waals surface area contributed by atoms with Gasteiger partial charge in [0.1, 0.15) is 18.0 Å². The highest BCUT2D eigenvalue weighted by Crippen LogP contribution is 2.22. The largest absolute Gasteiger partial charge is 0.365 e. The second kappa shape index (κ2) is 6.49. The van der Waals surface area contributed by atoms with E-state index in [0.717, 1.165) is 16.6 Å². The number of fused-ring (bicyclic) bond motifs is 1. The molecular formula is C18H13ClFN5. The highest BCUT2D eigenvalue weighted by Gasteiger charge is 2.11. The summed E-state index contributed by atoms with van der Waals surface area (Å²) in [7, 11) is 0. The molecule has 124 valence electrons. The molecule has 0 spiro atoms. The molecule has 4 aromatic rings. The Hall–Kier alpha value is -2.99. The van der Waals surface area contributed by atoms with Gasteiger partial charge in [0.05, 0.1) is 17.3 Å². The molecule has 0 aliphatic heterocycles. The Morgan fingerprint density at radius 2 is 1.76 bits per heavy atom. The lowest BCUT2D eigenvalue weighted by Crippen LogP contribution is -2.03. The van der Waals surface area contributed by atoms with Gasteiger partial charge >= 0.3 is 0 Å². The van der Waals surface area contributed by atoms with Crippen LogP contribution in [0.25, 0.3) is 16.7 Å². The monoisotopic (exact) mass is 353 g/mol. The zero-order chi connectivity index (χ0) is 17.2. The Morgan fingerprint density at radius 1 is 1.00 bits per heavy atom. The zero-order valence-corrected chi connectivity index (χ0v) is 13.8. The normalized spacial score (nSPS) is 11.0. The molecule has 7 heteroatoms. The number of halogens is 2. The Labute approximate surface area is 148 Å². The summed E-state index contributed by atoms with van der Waals surface area (Å²) in [6.07, 6.45) is 3.21. The zero-order valence-electron chi connectivity index (χ0n) is 13.0. The standard InChI is InChI=1S/C18H13ClFN5/c19-13-3-7-15(8-4-13)25-18-16(10-24-25)17(22-11-23-18)21-9-12-1-5-14(20)6-2-12/h1-8,10-11H,9H2,(H,21,22,23). The van der Waals surface area contributed by atoms with Gasteiger partial charge < -0.3 is 5.32 Å². The molecule has 0 radical (unpaired) electrons. The van der Waals surface area contributed by atoms with Crippen LogP contribution in [0.4, 0.5) is 10.2 Å². The van der Waals surface area contributed by atoms with Crippen LogP contribution < -0.4 is 5.32 Å². The maximum absolute atomic E-state index is 13.0. The van der Waals surface area contributed by atoms with E-state index >= 15 is 0 Å². The van der Waals surface area contributed by atoms with E-state index in [9.17, 15) is 4.39 Å². The van der Waals surface area contributed by atoms with Crippen molar-refractivity contribution in [1.29, 1.82) is 0 Å². The van der Waals surface area contributed by atoms with Crippen molar-refractivity contribution >= 4 is 28.5 Å². The first-order valence-electron chi connectivity index (χ1n) is 7.64. The molecule has 0 aliphatic rings. The summed E-state index contributed by atoms with van der Waals surface area (Å²) in [6.45, 7) is 0.526. The van der Waals surface area contributed by atoms with Gasteiger partial charge in [0, 0.05) is 11.6 Å². The summed E-state index contributed by atoms with van der Waals surface area (Å²) in [6, 6.07) is 13.7. The molecule has 2 aromatic carbocycles. The van der Waals surface area contributed by atoms with Gasteiger partial charge in [0.25, 0.3) is 0 Å². The third-order valence-corrected chi connectivity index (χ3v) is 4.06. The smallest absolute Gasteiger partial charge is 0.168 e. The number of benzene rings is 2. The molecule has 0 amide bonds. The summed E-state index contributed by atoms with van der Waals surface area (Å²) >= 11 is 5.94. The quantitative estimate of drug-likeness (QED) is 0.597. The predicted octanol–water partition coefficient (Wildman–Crippen LogP) is 4.22. The van der Waals surface area contributed by atoms with Gasteiger partial charge in [-0.05, 0) is 42.0 Å². The fraction of sp³-hybridized carbons (Fsp3) is 0.0556. The molecule has 2 aromatic heterocycles. The van der Waals surface area contributed by atoms with Gasteiger partial charge in [-0.3, -0.25) is 0 Å². The molecule has 2 heterocycles. The van der Waals surface area contributed by atoms with Crippen LogP contribution in [-0.2, 0) is 6.54 Å². The van der Waals surface area contributed by atoms with E-state index in [1.54, 1.807) is 35.1 Å². The van der Waals surface area contributed by atoms with E-state index in [1.807, 2.05) is 12.1 Å². The number of hydrogen-bond donors (Lipinski definition) is 1. The van der Waals surface area contributed by atoms with Crippen LogP contribution in [0.2, 0.25) is 5.02 Å². The topological polar surface area (TPSA) is 55.6 Å². The minimum absolute atomic E-state index is 0.252. The van der Waals surface area contributed by atoms with E-state index in [0.29, 0.717) is 23.0 Å². The molecule has 0 bridgehead atoms. The average molecular weight is 354 g/mol. The van der Waals surface area contributed by atoms with Crippen LogP contribution in [0, 0.1) is 5.82 Å². The van der Waals surface area contributed by atoms with E-state index in [-0.39, 0.29) is 5.82 Å². The van der Waals surface area contributed by atoms with Gasteiger partial charge in [-0.2, -0.15) is 5.10 Å². The highest BCUT2D eigenvalue weighted by molar-refractivity contribution is 6.30. The fourth-order valence-electron chi connectivity index (χ4n) is 2.54. The Kier molecular flexibility index (Phi) is 4.03. The van der Waals surface area contributed by atoms with Gasteiger partial charge in [-0.25, -0.2) is 19.0 Å². The Bertz CT molecular complexity index is 1010. The maximum Gasteiger partial charge on any atom is 0.168 e. The first-order valence-corrected chi connectivity index (χ1v) is 8.01. The number of aromatic nitrogens is 4.